The van der Waals surface area contributed by atoms with Gasteiger partial charge in [-0.05, 0) is 49.0 Å². The van der Waals surface area contributed by atoms with Crippen LogP contribution in [0.1, 0.15) is 20.8 Å². The van der Waals surface area contributed by atoms with Crippen LogP contribution < -0.4 is 5.32 Å². The minimum Gasteiger partial charge on any atom is -0.382 e. The van der Waals surface area contributed by atoms with Crippen LogP contribution in [0.5, 0.6) is 0 Å². The number of rotatable bonds is 12. The molecule has 3 heterocycles. The minimum absolute atomic E-state index is 0.0765. The highest BCUT2D eigenvalue weighted by atomic mass is 31.2. The quantitative estimate of drug-likeness (QED) is 0.335. The van der Waals surface area contributed by atoms with E-state index >= 15 is 0 Å². The molecule has 15 heteroatoms. The van der Waals surface area contributed by atoms with Crippen molar-refractivity contribution in [2.75, 3.05) is 94.4 Å². The average Bonchev–Trinajstić information content (AvgIpc) is 2.85. The standard InChI is InChI=1S/C23H49N5O8P2/c1-18-9-24-10-21(34-18)16-32-37(29,25(4)5)28-12-20(3)36-23(14-28)17-33-38(30,26(6)7)27-11-19(2)35-22(13-27)15-31-8/h18-24H,9-17H2,1-8H3. The highest BCUT2D eigenvalue weighted by Gasteiger charge is 2.44. The van der Waals surface area contributed by atoms with Crippen LogP contribution in [0, 0.1) is 0 Å². The summed E-state index contributed by atoms with van der Waals surface area (Å²) in [6.45, 7) is 9.70. The predicted octanol–water partition coefficient (Wildman–Crippen LogP) is 1.56. The van der Waals surface area contributed by atoms with E-state index in [9.17, 15) is 9.13 Å². The first kappa shape index (κ1) is 32.5. The largest absolute Gasteiger partial charge is 0.382 e. The van der Waals surface area contributed by atoms with Gasteiger partial charge in [-0.25, -0.2) is 18.7 Å². The molecule has 8 unspecified atom stereocenters. The van der Waals surface area contributed by atoms with E-state index in [1.165, 1.54) is 0 Å². The van der Waals surface area contributed by atoms with Crippen LogP contribution in [0.15, 0.2) is 0 Å². The van der Waals surface area contributed by atoms with Crippen LogP contribution in [-0.2, 0) is 37.1 Å². The molecule has 0 aliphatic carbocycles. The molecule has 0 spiro atoms. The molecule has 3 aliphatic heterocycles. The van der Waals surface area contributed by atoms with Crippen molar-refractivity contribution in [1.29, 1.82) is 0 Å². The highest BCUT2D eigenvalue weighted by Crippen LogP contribution is 2.55. The summed E-state index contributed by atoms with van der Waals surface area (Å²) in [6, 6.07) is 0. The van der Waals surface area contributed by atoms with Crippen LogP contribution in [0.4, 0.5) is 0 Å². The Hall–Kier alpha value is 0.0200. The molecule has 0 aromatic carbocycles. The summed E-state index contributed by atoms with van der Waals surface area (Å²) in [5.41, 5.74) is 0. The van der Waals surface area contributed by atoms with Gasteiger partial charge in [-0.15, -0.1) is 0 Å². The lowest BCUT2D eigenvalue weighted by atomic mass is 10.2. The number of hydrogen-bond acceptors (Lipinski definition) is 9. The lowest BCUT2D eigenvalue weighted by Crippen LogP contribution is -2.50. The summed E-state index contributed by atoms with van der Waals surface area (Å²) in [6.07, 6.45) is -1.06. The van der Waals surface area contributed by atoms with Crippen molar-refractivity contribution < 1.29 is 37.1 Å². The first-order valence-electron chi connectivity index (χ1n) is 13.4. The molecule has 3 saturated heterocycles. The van der Waals surface area contributed by atoms with E-state index in [1.54, 1.807) is 44.6 Å². The van der Waals surface area contributed by atoms with Crippen LogP contribution in [0.2, 0.25) is 0 Å². The Morgan fingerprint density at radius 2 is 1.16 bits per heavy atom. The van der Waals surface area contributed by atoms with E-state index in [2.05, 4.69) is 5.32 Å². The van der Waals surface area contributed by atoms with Crippen molar-refractivity contribution in [3.05, 3.63) is 0 Å². The Morgan fingerprint density at radius 3 is 1.61 bits per heavy atom. The van der Waals surface area contributed by atoms with E-state index in [0.717, 1.165) is 6.54 Å². The molecule has 0 radical (unpaired) electrons. The molecule has 13 nitrogen and oxygen atoms in total. The number of hydrogen-bond donors (Lipinski definition) is 1. The fraction of sp³-hybridized carbons (Fsp3) is 1.00. The van der Waals surface area contributed by atoms with Gasteiger partial charge in [-0.1, -0.05) is 0 Å². The maximum atomic E-state index is 14.1. The van der Waals surface area contributed by atoms with E-state index in [-0.39, 0.29) is 43.7 Å². The van der Waals surface area contributed by atoms with E-state index < -0.39 is 21.4 Å². The summed E-state index contributed by atoms with van der Waals surface area (Å²) in [4.78, 5) is 0. The molecule has 0 amide bonds. The van der Waals surface area contributed by atoms with Gasteiger partial charge in [-0.3, -0.25) is 9.13 Å². The molecular formula is C23H49N5O8P2. The summed E-state index contributed by atoms with van der Waals surface area (Å²) < 4.78 is 70.8. The number of nitrogens with zero attached hydrogens (tertiary/aromatic N) is 4. The summed E-state index contributed by atoms with van der Waals surface area (Å²) in [5, 5.41) is 3.32. The molecule has 3 rings (SSSR count). The van der Waals surface area contributed by atoms with Crippen molar-refractivity contribution in [3.63, 3.8) is 0 Å². The third-order valence-corrected chi connectivity index (χ3v) is 11.9. The van der Waals surface area contributed by atoms with E-state index in [0.29, 0.717) is 39.3 Å². The Morgan fingerprint density at radius 1 is 0.711 bits per heavy atom. The van der Waals surface area contributed by atoms with Gasteiger partial charge in [0.15, 0.2) is 0 Å². The van der Waals surface area contributed by atoms with Gasteiger partial charge in [0.05, 0.1) is 56.4 Å². The number of methoxy groups -OCH3 is 1. The van der Waals surface area contributed by atoms with Crippen molar-refractivity contribution in [2.45, 2.75) is 57.4 Å². The number of morpholine rings is 3. The topological polar surface area (TPSA) is 115 Å². The SMILES string of the molecule is COCC1CN(P(=O)(OCC2CN(P(=O)(OCC3CNCC(C)O3)N(C)C)CC(C)O2)N(C)C)CC(C)O1. The molecule has 8 atom stereocenters. The lowest BCUT2D eigenvalue weighted by Gasteiger charge is -2.44. The fourth-order valence-electron chi connectivity index (χ4n) is 5.06. The van der Waals surface area contributed by atoms with E-state index in [1.807, 2.05) is 30.1 Å². The van der Waals surface area contributed by atoms with E-state index in [4.69, 9.17) is 28.0 Å². The molecule has 1 N–H and O–H groups in total. The zero-order chi connectivity index (χ0) is 28.1. The summed E-state index contributed by atoms with van der Waals surface area (Å²) in [7, 11) is 1.91. The van der Waals surface area contributed by atoms with Gasteiger partial charge in [0.2, 0.25) is 0 Å². The Balaban J connectivity index is 1.67. The summed E-state index contributed by atoms with van der Waals surface area (Å²) in [5.74, 6) is 0. The predicted molar refractivity (Wildman–Crippen MR) is 145 cm³/mol. The zero-order valence-electron chi connectivity index (χ0n) is 24.3. The van der Waals surface area contributed by atoms with Crippen LogP contribution >= 0.6 is 15.3 Å². The van der Waals surface area contributed by atoms with Crippen LogP contribution in [0.3, 0.4) is 0 Å². The van der Waals surface area contributed by atoms with Gasteiger partial charge in [-0.2, -0.15) is 0 Å². The molecule has 3 aliphatic rings. The first-order valence-corrected chi connectivity index (χ1v) is 16.4. The monoisotopic (exact) mass is 585 g/mol. The smallest absolute Gasteiger partial charge is 0.345 e. The van der Waals surface area contributed by atoms with Crippen LogP contribution in [-0.4, -0.2) is 150 Å². The fourth-order valence-corrected chi connectivity index (χ4v) is 9.23. The maximum Gasteiger partial charge on any atom is 0.345 e. The maximum absolute atomic E-state index is 14.1. The third-order valence-electron chi connectivity index (χ3n) is 6.78. The Bertz CT molecular complexity index is 840. The minimum atomic E-state index is -3.37. The Kier molecular flexibility index (Phi) is 12.2. The normalized spacial score (nSPS) is 35.3. The van der Waals surface area contributed by atoms with Crippen molar-refractivity contribution in [3.8, 4) is 0 Å². The molecule has 0 saturated carbocycles. The second kappa shape index (κ2) is 14.3. The lowest BCUT2D eigenvalue weighted by molar-refractivity contribution is -0.0928. The van der Waals surface area contributed by atoms with Gasteiger partial charge in [0, 0.05) is 46.4 Å². The van der Waals surface area contributed by atoms with Crippen molar-refractivity contribution >= 4 is 15.3 Å². The van der Waals surface area contributed by atoms with Gasteiger partial charge >= 0.3 is 15.3 Å². The molecule has 224 valence electrons. The number of ether oxygens (including phenoxy) is 4. The van der Waals surface area contributed by atoms with Gasteiger partial charge in [0.1, 0.15) is 0 Å². The zero-order valence-corrected chi connectivity index (χ0v) is 26.1. The molecular weight excluding hydrogens is 536 g/mol. The summed E-state index contributed by atoms with van der Waals surface area (Å²) >= 11 is 0. The number of nitrogens with one attached hydrogen (secondary N) is 1. The van der Waals surface area contributed by atoms with Gasteiger partial charge in [0.25, 0.3) is 0 Å². The first-order chi connectivity index (χ1) is 17.9. The molecule has 0 bridgehead atoms. The molecule has 0 aromatic heterocycles. The second-order valence-corrected chi connectivity index (χ2v) is 16.0. The Labute approximate surface area is 228 Å². The van der Waals surface area contributed by atoms with Crippen molar-refractivity contribution in [2.24, 2.45) is 0 Å². The van der Waals surface area contributed by atoms with Gasteiger partial charge < -0.3 is 33.3 Å². The van der Waals surface area contributed by atoms with Crippen LogP contribution in [0.25, 0.3) is 0 Å². The molecule has 3 fully saturated rings. The third kappa shape index (κ3) is 8.28. The second-order valence-electron chi connectivity index (χ2n) is 10.8. The van der Waals surface area contributed by atoms with Crippen molar-refractivity contribution in [1.82, 2.24) is 24.0 Å². The highest BCUT2D eigenvalue weighted by molar-refractivity contribution is 7.54. The molecule has 38 heavy (non-hydrogen) atoms. The average molecular weight is 586 g/mol. The molecule has 0 aromatic rings.